The summed E-state index contributed by atoms with van der Waals surface area (Å²) in [5.74, 6) is 0.534. The molecule has 0 aliphatic heterocycles. The average molecular weight is 380 g/mol. The number of aromatic hydroxyl groups is 1. The first-order chi connectivity index (χ1) is 13.0. The summed E-state index contributed by atoms with van der Waals surface area (Å²) in [5, 5.41) is 23.0. The highest BCUT2D eigenvalue weighted by atomic mass is 32.2. The van der Waals surface area contributed by atoms with Crippen molar-refractivity contribution in [3.05, 3.63) is 69.6 Å². The summed E-state index contributed by atoms with van der Waals surface area (Å²) in [4.78, 5) is 11.8. The lowest BCUT2D eigenvalue weighted by Gasteiger charge is -2.08. The minimum atomic E-state index is -0.461. The molecule has 0 unspecified atom stereocenters. The van der Waals surface area contributed by atoms with Crippen LogP contribution in [0.5, 0.6) is 5.75 Å². The number of nitrogens with zero attached hydrogens (tertiary/aromatic N) is 4. The summed E-state index contributed by atoms with van der Waals surface area (Å²) in [5.41, 5.74) is 3.93. The van der Waals surface area contributed by atoms with Crippen molar-refractivity contribution in [3.63, 3.8) is 0 Å². The topological polar surface area (TPSA) is 94.0 Å². The van der Waals surface area contributed by atoms with Gasteiger partial charge in [-0.1, -0.05) is 17.8 Å². The molecule has 0 aliphatic rings. The summed E-state index contributed by atoms with van der Waals surface area (Å²) in [7, 11) is 0. The second-order valence-corrected chi connectivity index (χ2v) is 7.14. The van der Waals surface area contributed by atoms with Crippen LogP contribution < -0.4 is 5.63 Å². The van der Waals surface area contributed by atoms with Crippen LogP contribution in [0.25, 0.3) is 16.7 Å². The van der Waals surface area contributed by atoms with E-state index in [1.807, 2.05) is 25.1 Å². The van der Waals surface area contributed by atoms with Crippen LogP contribution in [-0.4, -0.2) is 25.3 Å². The highest BCUT2D eigenvalue weighted by Gasteiger charge is 2.12. The first-order valence-electron chi connectivity index (χ1n) is 8.26. The van der Waals surface area contributed by atoms with E-state index in [1.54, 1.807) is 16.8 Å². The highest BCUT2D eigenvalue weighted by Crippen LogP contribution is 2.28. The first-order valence-corrected chi connectivity index (χ1v) is 9.24. The molecule has 0 amide bonds. The third kappa shape index (κ3) is 3.43. The Balaban J connectivity index is 1.66. The summed E-state index contributed by atoms with van der Waals surface area (Å²) >= 11 is 1.42. The molecule has 2 heterocycles. The maximum atomic E-state index is 11.8. The predicted octanol–water partition coefficient (Wildman–Crippen LogP) is 3.38. The van der Waals surface area contributed by atoms with Crippen molar-refractivity contribution in [2.24, 2.45) is 0 Å². The molecule has 0 bridgehead atoms. The van der Waals surface area contributed by atoms with E-state index in [1.165, 1.54) is 29.5 Å². The van der Waals surface area contributed by atoms with Gasteiger partial charge in [0.2, 0.25) is 5.16 Å². The van der Waals surface area contributed by atoms with Crippen LogP contribution in [0.3, 0.4) is 0 Å². The van der Waals surface area contributed by atoms with Crippen molar-refractivity contribution >= 4 is 22.7 Å². The molecule has 0 fully saturated rings. The van der Waals surface area contributed by atoms with Gasteiger partial charge in [0.05, 0.1) is 5.69 Å². The largest absolute Gasteiger partial charge is 0.508 e. The van der Waals surface area contributed by atoms with Gasteiger partial charge in [0.1, 0.15) is 11.3 Å². The number of phenols is 1. The maximum absolute atomic E-state index is 11.8. The van der Waals surface area contributed by atoms with Gasteiger partial charge in [-0.2, -0.15) is 4.68 Å². The van der Waals surface area contributed by atoms with E-state index in [9.17, 15) is 9.90 Å². The SMILES string of the molecule is Cc1ccc(-n2nnnc2SCc2cc(=O)oc3cc(O)ccc23)cc1C. The summed E-state index contributed by atoms with van der Waals surface area (Å²) in [6.45, 7) is 4.10. The van der Waals surface area contributed by atoms with Gasteiger partial charge in [-0.15, -0.1) is 5.10 Å². The van der Waals surface area contributed by atoms with E-state index in [-0.39, 0.29) is 5.75 Å². The van der Waals surface area contributed by atoms with Crippen molar-refractivity contribution in [1.29, 1.82) is 0 Å². The van der Waals surface area contributed by atoms with Crippen LogP contribution in [-0.2, 0) is 5.75 Å². The minimum absolute atomic E-state index is 0.0501. The fourth-order valence-electron chi connectivity index (χ4n) is 2.77. The monoisotopic (exact) mass is 380 g/mol. The smallest absolute Gasteiger partial charge is 0.336 e. The van der Waals surface area contributed by atoms with Gasteiger partial charge in [-0.05, 0) is 65.2 Å². The Bertz CT molecular complexity index is 1200. The number of hydrogen-bond donors (Lipinski definition) is 1. The number of tetrazole rings is 1. The van der Waals surface area contributed by atoms with Gasteiger partial charge in [-0.3, -0.25) is 0 Å². The molecule has 0 spiro atoms. The Morgan fingerprint density at radius 3 is 2.78 bits per heavy atom. The molecule has 4 rings (SSSR count). The van der Waals surface area contributed by atoms with E-state index >= 15 is 0 Å². The molecule has 0 aliphatic carbocycles. The van der Waals surface area contributed by atoms with E-state index in [0.29, 0.717) is 16.5 Å². The third-order valence-electron chi connectivity index (χ3n) is 4.35. The van der Waals surface area contributed by atoms with Gasteiger partial charge in [0.25, 0.3) is 0 Å². The molecule has 1 N–H and O–H groups in total. The Kier molecular flexibility index (Phi) is 4.41. The number of rotatable bonds is 4. The predicted molar refractivity (Wildman–Crippen MR) is 102 cm³/mol. The van der Waals surface area contributed by atoms with Crippen molar-refractivity contribution in [2.45, 2.75) is 24.8 Å². The number of aromatic nitrogens is 4. The summed E-state index contributed by atoms with van der Waals surface area (Å²) in [6.07, 6.45) is 0. The summed E-state index contributed by atoms with van der Waals surface area (Å²) < 4.78 is 6.84. The van der Waals surface area contributed by atoms with Crippen LogP contribution >= 0.6 is 11.8 Å². The highest BCUT2D eigenvalue weighted by molar-refractivity contribution is 7.98. The van der Waals surface area contributed by atoms with Crippen molar-refractivity contribution < 1.29 is 9.52 Å². The van der Waals surface area contributed by atoms with E-state index in [2.05, 4.69) is 22.4 Å². The zero-order valence-electron chi connectivity index (χ0n) is 14.7. The fraction of sp³-hybridized carbons (Fsp3) is 0.158. The number of aryl methyl sites for hydroxylation is 2. The number of fused-ring (bicyclic) bond motifs is 1. The average Bonchev–Trinajstić information content (AvgIpc) is 3.10. The van der Waals surface area contributed by atoms with Crippen LogP contribution in [0.15, 0.2) is 56.8 Å². The Morgan fingerprint density at radius 1 is 1.11 bits per heavy atom. The van der Waals surface area contributed by atoms with Crippen LogP contribution in [0, 0.1) is 13.8 Å². The molecule has 0 saturated carbocycles. The molecule has 0 atom stereocenters. The number of thioether (sulfide) groups is 1. The number of hydrogen-bond acceptors (Lipinski definition) is 7. The van der Waals surface area contributed by atoms with E-state index in [0.717, 1.165) is 22.2 Å². The lowest BCUT2D eigenvalue weighted by atomic mass is 10.1. The Labute approximate surface area is 158 Å². The fourth-order valence-corrected chi connectivity index (χ4v) is 3.65. The first kappa shape index (κ1) is 17.3. The van der Waals surface area contributed by atoms with Crippen LogP contribution in [0.2, 0.25) is 0 Å². The molecular weight excluding hydrogens is 364 g/mol. The lowest BCUT2D eigenvalue weighted by Crippen LogP contribution is -2.02. The number of phenolic OH excluding ortho intramolecular Hbond substituents is 1. The van der Waals surface area contributed by atoms with Crippen LogP contribution in [0.4, 0.5) is 0 Å². The van der Waals surface area contributed by atoms with Crippen molar-refractivity contribution in [2.75, 3.05) is 0 Å². The standard InChI is InChI=1S/C19H16N4O3S/c1-11-3-4-14(7-12(11)2)23-19(20-21-22-23)27-10-13-8-18(25)26-17-9-15(24)5-6-16(13)17/h3-9,24H,10H2,1-2H3. The van der Waals surface area contributed by atoms with Gasteiger partial charge in [0.15, 0.2) is 0 Å². The van der Waals surface area contributed by atoms with Crippen molar-refractivity contribution in [1.82, 2.24) is 20.2 Å². The van der Waals surface area contributed by atoms with Gasteiger partial charge >= 0.3 is 5.63 Å². The molecule has 2 aromatic carbocycles. The second kappa shape index (κ2) is 6.88. The zero-order chi connectivity index (χ0) is 19.0. The van der Waals surface area contributed by atoms with E-state index in [4.69, 9.17) is 4.42 Å². The van der Waals surface area contributed by atoms with Gasteiger partial charge < -0.3 is 9.52 Å². The zero-order valence-corrected chi connectivity index (χ0v) is 15.5. The maximum Gasteiger partial charge on any atom is 0.336 e. The second-order valence-electron chi connectivity index (χ2n) is 6.20. The number of benzene rings is 2. The Morgan fingerprint density at radius 2 is 1.96 bits per heavy atom. The normalized spacial score (nSPS) is 11.2. The quantitative estimate of drug-likeness (QED) is 0.428. The molecule has 8 heteroatoms. The molecular formula is C19H16N4O3S. The molecule has 27 heavy (non-hydrogen) atoms. The molecule has 0 saturated heterocycles. The molecule has 2 aromatic heterocycles. The van der Waals surface area contributed by atoms with Crippen molar-refractivity contribution in [3.8, 4) is 11.4 Å². The van der Waals surface area contributed by atoms with Crippen LogP contribution in [0.1, 0.15) is 16.7 Å². The third-order valence-corrected chi connectivity index (χ3v) is 5.31. The molecule has 7 nitrogen and oxygen atoms in total. The molecule has 136 valence electrons. The lowest BCUT2D eigenvalue weighted by molar-refractivity contribution is 0.473. The Hall–Kier alpha value is -3.13. The minimum Gasteiger partial charge on any atom is -0.508 e. The molecule has 4 aromatic rings. The summed E-state index contributed by atoms with van der Waals surface area (Å²) in [6, 6.07) is 12.2. The van der Waals surface area contributed by atoms with E-state index < -0.39 is 5.63 Å². The molecule has 0 radical (unpaired) electrons. The van der Waals surface area contributed by atoms with Gasteiger partial charge in [0, 0.05) is 23.3 Å². The van der Waals surface area contributed by atoms with Gasteiger partial charge in [-0.25, -0.2) is 4.79 Å².